The van der Waals surface area contributed by atoms with Crippen LogP contribution in [0.3, 0.4) is 0 Å². The number of benzene rings is 1. The number of carbonyl (C=O) groups is 2. The lowest BCUT2D eigenvalue weighted by Crippen LogP contribution is -2.47. The second-order valence-electron chi connectivity index (χ2n) is 7.33. The molecule has 4 rings (SSSR count). The van der Waals surface area contributed by atoms with E-state index in [-0.39, 0.29) is 17.7 Å². The molecule has 1 aromatic heterocycles. The molecular formula is C21H26N4O4. The van der Waals surface area contributed by atoms with Crippen LogP contribution in [0.15, 0.2) is 36.5 Å². The van der Waals surface area contributed by atoms with Crippen LogP contribution >= 0.6 is 0 Å². The Kier molecular flexibility index (Phi) is 5.80. The summed E-state index contributed by atoms with van der Waals surface area (Å²) in [6.07, 6.45) is 3.06. The average molecular weight is 398 g/mol. The number of aromatic nitrogens is 2. The number of hydrogen-bond donors (Lipinski definition) is 0. The fourth-order valence-electron chi connectivity index (χ4n) is 3.89. The summed E-state index contributed by atoms with van der Waals surface area (Å²) in [6.45, 7) is 3.61. The summed E-state index contributed by atoms with van der Waals surface area (Å²) in [7, 11) is 1.54. The van der Waals surface area contributed by atoms with Crippen molar-refractivity contribution in [2.24, 2.45) is 5.92 Å². The molecule has 8 nitrogen and oxygen atoms in total. The van der Waals surface area contributed by atoms with Gasteiger partial charge in [0, 0.05) is 32.1 Å². The van der Waals surface area contributed by atoms with Crippen molar-refractivity contribution in [3.63, 3.8) is 0 Å². The van der Waals surface area contributed by atoms with E-state index >= 15 is 0 Å². The number of rotatable bonds is 4. The van der Waals surface area contributed by atoms with E-state index in [1.807, 2.05) is 35.2 Å². The zero-order valence-electron chi connectivity index (χ0n) is 16.6. The van der Waals surface area contributed by atoms with Gasteiger partial charge in [-0.25, -0.2) is 4.68 Å². The van der Waals surface area contributed by atoms with Gasteiger partial charge in [0.2, 0.25) is 5.91 Å². The molecular weight excluding hydrogens is 372 g/mol. The number of hydrogen-bond acceptors (Lipinski definition) is 5. The molecule has 0 unspecified atom stereocenters. The molecule has 2 aliphatic heterocycles. The highest BCUT2D eigenvalue weighted by molar-refractivity contribution is 5.95. The van der Waals surface area contributed by atoms with Crippen LogP contribution in [0.5, 0.6) is 5.75 Å². The summed E-state index contributed by atoms with van der Waals surface area (Å²) in [5.74, 6) is 0.450. The van der Waals surface area contributed by atoms with Crippen molar-refractivity contribution >= 4 is 11.8 Å². The molecule has 2 fully saturated rings. The first-order chi connectivity index (χ1) is 14.2. The Balaban J connectivity index is 1.42. The fourth-order valence-corrected chi connectivity index (χ4v) is 3.89. The van der Waals surface area contributed by atoms with E-state index in [1.54, 1.807) is 15.8 Å². The molecule has 0 N–H and O–H groups in total. The fraction of sp³-hybridized carbons (Fsp3) is 0.476. The topological polar surface area (TPSA) is 76.9 Å². The molecule has 2 aromatic rings. The van der Waals surface area contributed by atoms with E-state index in [4.69, 9.17) is 9.47 Å². The second kappa shape index (κ2) is 8.65. The Morgan fingerprint density at radius 1 is 1.03 bits per heavy atom. The molecule has 0 bridgehead atoms. The van der Waals surface area contributed by atoms with Crippen molar-refractivity contribution in [3.05, 3.63) is 42.2 Å². The molecule has 2 amide bonds. The minimum Gasteiger partial charge on any atom is -0.493 e. The molecule has 8 heteroatoms. The normalized spacial score (nSPS) is 18.0. The van der Waals surface area contributed by atoms with Gasteiger partial charge in [-0.15, -0.1) is 0 Å². The largest absolute Gasteiger partial charge is 0.493 e. The second-order valence-corrected chi connectivity index (χ2v) is 7.33. The lowest BCUT2D eigenvalue weighted by atomic mass is 9.95. The highest BCUT2D eigenvalue weighted by atomic mass is 16.5. The predicted octanol–water partition coefficient (Wildman–Crippen LogP) is 1.59. The summed E-state index contributed by atoms with van der Waals surface area (Å²) in [6, 6.07) is 9.61. The van der Waals surface area contributed by atoms with Gasteiger partial charge >= 0.3 is 0 Å². The van der Waals surface area contributed by atoms with Gasteiger partial charge in [-0.2, -0.15) is 5.10 Å². The maximum absolute atomic E-state index is 13.1. The summed E-state index contributed by atoms with van der Waals surface area (Å²) >= 11 is 0. The van der Waals surface area contributed by atoms with Gasteiger partial charge in [0.25, 0.3) is 5.91 Å². The SMILES string of the molecule is COc1cn(-c2ccccc2)nc1C(=O)N1CCC(C(=O)N2CCOCC2)CC1. The van der Waals surface area contributed by atoms with Gasteiger partial charge in [0.1, 0.15) is 0 Å². The maximum atomic E-state index is 13.1. The van der Waals surface area contributed by atoms with E-state index in [2.05, 4.69) is 5.10 Å². The van der Waals surface area contributed by atoms with Crippen LogP contribution in [0.25, 0.3) is 5.69 Å². The Bertz CT molecular complexity index is 853. The van der Waals surface area contributed by atoms with E-state index < -0.39 is 0 Å². The van der Waals surface area contributed by atoms with Crippen LogP contribution in [-0.4, -0.2) is 77.9 Å². The van der Waals surface area contributed by atoms with Gasteiger partial charge in [-0.1, -0.05) is 18.2 Å². The van der Waals surface area contributed by atoms with Gasteiger partial charge in [0.15, 0.2) is 11.4 Å². The number of para-hydroxylation sites is 1. The first-order valence-corrected chi connectivity index (χ1v) is 10.0. The van der Waals surface area contributed by atoms with Gasteiger partial charge < -0.3 is 19.3 Å². The van der Waals surface area contributed by atoms with Crippen molar-refractivity contribution in [3.8, 4) is 11.4 Å². The molecule has 2 saturated heterocycles. The first-order valence-electron chi connectivity index (χ1n) is 10.0. The van der Waals surface area contributed by atoms with Gasteiger partial charge in [-0.05, 0) is 25.0 Å². The molecule has 0 aliphatic carbocycles. The Morgan fingerprint density at radius 3 is 2.38 bits per heavy atom. The monoisotopic (exact) mass is 398 g/mol. The zero-order valence-corrected chi connectivity index (χ0v) is 16.6. The number of carbonyl (C=O) groups excluding carboxylic acids is 2. The van der Waals surface area contributed by atoms with Crippen molar-refractivity contribution in [2.45, 2.75) is 12.8 Å². The lowest BCUT2D eigenvalue weighted by molar-refractivity contribution is -0.141. The minimum atomic E-state index is -0.159. The van der Waals surface area contributed by atoms with E-state index in [1.165, 1.54) is 7.11 Å². The lowest BCUT2D eigenvalue weighted by Gasteiger charge is -2.35. The van der Waals surface area contributed by atoms with E-state index in [9.17, 15) is 9.59 Å². The van der Waals surface area contributed by atoms with Crippen molar-refractivity contribution in [1.82, 2.24) is 19.6 Å². The quantitative estimate of drug-likeness (QED) is 0.782. The van der Waals surface area contributed by atoms with Crippen LogP contribution in [0.1, 0.15) is 23.3 Å². The number of ether oxygens (including phenoxy) is 2. The van der Waals surface area contributed by atoms with Crippen molar-refractivity contribution in [1.29, 1.82) is 0 Å². The number of morpholine rings is 1. The van der Waals surface area contributed by atoms with E-state index in [0.29, 0.717) is 63.7 Å². The maximum Gasteiger partial charge on any atom is 0.278 e. The third kappa shape index (κ3) is 4.12. The Hall–Kier alpha value is -2.87. The van der Waals surface area contributed by atoms with Crippen molar-refractivity contribution in [2.75, 3.05) is 46.5 Å². The summed E-state index contributed by atoms with van der Waals surface area (Å²) < 4.78 is 12.4. The standard InChI is InChI=1S/C21H26N4O4/c1-28-18-15-25(17-5-3-2-4-6-17)22-19(18)21(27)23-9-7-16(8-10-23)20(26)24-11-13-29-14-12-24/h2-6,15-16H,7-14H2,1H3. The molecule has 154 valence electrons. The predicted molar refractivity (Wildman–Crippen MR) is 106 cm³/mol. The molecule has 0 radical (unpaired) electrons. The molecule has 3 heterocycles. The highest BCUT2D eigenvalue weighted by Gasteiger charge is 2.32. The van der Waals surface area contributed by atoms with Crippen LogP contribution < -0.4 is 4.74 Å². The van der Waals surface area contributed by atoms with E-state index in [0.717, 1.165) is 5.69 Å². The molecule has 2 aliphatic rings. The number of likely N-dealkylation sites (tertiary alicyclic amines) is 1. The first kappa shape index (κ1) is 19.4. The number of amides is 2. The summed E-state index contributed by atoms with van der Waals surface area (Å²) in [4.78, 5) is 29.4. The van der Waals surface area contributed by atoms with Crippen LogP contribution in [0, 0.1) is 5.92 Å². The van der Waals surface area contributed by atoms with Crippen LogP contribution in [0.2, 0.25) is 0 Å². The van der Waals surface area contributed by atoms with Gasteiger partial charge in [-0.3, -0.25) is 9.59 Å². The number of methoxy groups -OCH3 is 1. The molecule has 0 spiro atoms. The third-order valence-corrected chi connectivity index (χ3v) is 5.58. The molecule has 0 atom stereocenters. The van der Waals surface area contributed by atoms with Crippen molar-refractivity contribution < 1.29 is 19.1 Å². The summed E-state index contributed by atoms with van der Waals surface area (Å²) in [5, 5.41) is 4.47. The average Bonchev–Trinajstić information content (AvgIpc) is 3.24. The smallest absolute Gasteiger partial charge is 0.278 e. The highest BCUT2D eigenvalue weighted by Crippen LogP contribution is 2.25. The van der Waals surface area contributed by atoms with Gasteiger partial charge in [0.05, 0.1) is 32.2 Å². The third-order valence-electron chi connectivity index (χ3n) is 5.58. The molecule has 29 heavy (non-hydrogen) atoms. The van der Waals surface area contributed by atoms with Crippen LogP contribution in [0.4, 0.5) is 0 Å². The minimum absolute atomic E-state index is 0.0269. The number of nitrogens with zero attached hydrogens (tertiary/aromatic N) is 4. The molecule has 0 saturated carbocycles. The molecule has 1 aromatic carbocycles. The Labute approximate surface area is 170 Å². The summed E-state index contributed by atoms with van der Waals surface area (Å²) in [5.41, 5.74) is 1.16. The van der Waals surface area contributed by atoms with Crippen LogP contribution in [-0.2, 0) is 9.53 Å². The number of piperidine rings is 1. The zero-order chi connectivity index (χ0) is 20.2. The Morgan fingerprint density at radius 2 is 1.72 bits per heavy atom.